The first-order valence-corrected chi connectivity index (χ1v) is 9.20. The third-order valence-electron chi connectivity index (χ3n) is 5.51. The number of nitrogens with zero attached hydrogens (tertiary/aromatic N) is 2. The molecule has 2 aromatic carbocycles. The highest BCUT2D eigenvalue weighted by Crippen LogP contribution is 2.33. The molecule has 0 radical (unpaired) electrons. The fourth-order valence-corrected chi connectivity index (χ4v) is 3.86. The van der Waals surface area contributed by atoms with Crippen molar-refractivity contribution in [1.29, 1.82) is 0 Å². The third-order valence-corrected chi connectivity index (χ3v) is 5.51. The van der Waals surface area contributed by atoms with Crippen molar-refractivity contribution in [3.63, 3.8) is 0 Å². The number of likely N-dealkylation sites (tertiary alicyclic amines) is 1. The first-order chi connectivity index (χ1) is 13.0. The van der Waals surface area contributed by atoms with E-state index < -0.39 is 5.60 Å². The zero-order valence-electron chi connectivity index (χ0n) is 15.0. The topological polar surface area (TPSA) is 32.8 Å². The number of hydrogen-bond acceptors (Lipinski definition) is 3. The van der Waals surface area contributed by atoms with E-state index in [1.807, 2.05) is 12.1 Å². The molecule has 0 N–H and O–H groups in total. The Morgan fingerprint density at radius 1 is 1.00 bits per heavy atom. The monoisotopic (exact) mass is 372 g/mol. The molecule has 2 aliphatic rings. The molecular formula is C21H22F2N2O2. The van der Waals surface area contributed by atoms with Gasteiger partial charge in [-0.15, -0.1) is 0 Å². The van der Waals surface area contributed by atoms with Gasteiger partial charge in [0.25, 0.3) is 5.91 Å². The molecule has 2 aliphatic heterocycles. The van der Waals surface area contributed by atoms with Crippen molar-refractivity contribution in [2.45, 2.75) is 25.0 Å². The quantitative estimate of drug-likeness (QED) is 0.828. The molecule has 1 amide bonds. The maximum atomic E-state index is 13.9. The number of hydrogen-bond donors (Lipinski definition) is 0. The van der Waals surface area contributed by atoms with Gasteiger partial charge in [0.1, 0.15) is 18.2 Å². The molecule has 2 aromatic rings. The highest BCUT2D eigenvalue weighted by atomic mass is 19.1. The van der Waals surface area contributed by atoms with Gasteiger partial charge in [-0.05, 0) is 43.2 Å². The fraction of sp³-hybridized carbons (Fsp3) is 0.381. The van der Waals surface area contributed by atoms with Gasteiger partial charge in [0.15, 0.2) is 0 Å². The van der Waals surface area contributed by atoms with Gasteiger partial charge in [-0.1, -0.05) is 18.2 Å². The summed E-state index contributed by atoms with van der Waals surface area (Å²) in [6.45, 7) is 2.62. The molecule has 0 saturated carbocycles. The lowest BCUT2D eigenvalue weighted by molar-refractivity contribution is -0.145. The molecule has 4 nitrogen and oxygen atoms in total. The summed E-state index contributed by atoms with van der Waals surface area (Å²) in [6.07, 6.45) is 1.54. The summed E-state index contributed by atoms with van der Waals surface area (Å²) in [7, 11) is 0. The van der Waals surface area contributed by atoms with Crippen molar-refractivity contribution in [2.75, 3.05) is 31.1 Å². The molecule has 142 valence electrons. The van der Waals surface area contributed by atoms with Crippen LogP contribution in [0.15, 0.2) is 48.5 Å². The van der Waals surface area contributed by atoms with E-state index in [4.69, 9.17) is 4.74 Å². The zero-order valence-corrected chi connectivity index (χ0v) is 15.0. The van der Waals surface area contributed by atoms with Crippen LogP contribution in [0, 0.1) is 11.6 Å². The van der Waals surface area contributed by atoms with Crippen LogP contribution in [-0.4, -0.2) is 42.6 Å². The lowest BCUT2D eigenvalue weighted by Crippen LogP contribution is -2.58. The number of benzene rings is 2. The van der Waals surface area contributed by atoms with Gasteiger partial charge < -0.3 is 9.64 Å². The number of carbonyl (C=O) groups is 1. The van der Waals surface area contributed by atoms with E-state index in [1.54, 1.807) is 23.1 Å². The second kappa shape index (κ2) is 7.37. The molecular weight excluding hydrogens is 350 g/mol. The van der Waals surface area contributed by atoms with Crippen LogP contribution < -0.4 is 4.90 Å². The Morgan fingerprint density at radius 3 is 2.41 bits per heavy atom. The standard InChI is InChI=1S/C21H22F2N2O2/c22-17-5-7-18(8-6-17)25-15-21(27-14-20(25)26)9-11-24(12-10-21)13-16-3-1-2-4-19(16)23/h1-8H,9-15H2. The molecule has 2 heterocycles. The molecule has 2 fully saturated rings. The van der Waals surface area contributed by atoms with Gasteiger partial charge >= 0.3 is 0 Å². The number of morpholine rings is 1. The van der Waals surface area contributed by atoms with Crippen LogP contribution in [-0.2, 0) is 16.1 Å². The summed E-state index contributed by atoms with van der Waals surface area (Å²) >= 11 is 0. The summed E-state index contributed by atoms with van der Waals surface area (Å²) < 4.78 is 33.0. The Hall–Kier alpha value is -2.31. The molecule has 0 aliphatic carbocycles. The van der Waals surface area contributed by atoms with E-state index in [-0.39, 0.29) is 24.1 Å². The molecule has 0 aromatic heterocycles. The van der Waals surface area contributed by atoms with Crippen molar-refractivity contribution < 1.29 is 18.3 Å². The van der Waals surface area contributed by atoms with Crippen LogP contribution in [0.4, 0.5) is 14.5 Å². The lowest BCUT2D eigenvalue weighted by Gasteiger charge is -2.47. The molecule has 0 unspecified atom stereocenters. The summed E-state index contributed by atoms with van der Waals surface area (Å²) in [4.78, 5) is 16.2. The zero-order chi connectivity index (χ0) is 18.9. The van der Waals surface area contributed by atoms with Crippen LogP contribution in [0.2, 0.25) is 0 Å². The van der Waals surface area contributed by atoms with E-state index in [0.717, 1.165) is 25.9 Å². The van der Waals surface area contributed by atoms with Crippen LogP contribution in [0.5, 0.6) is 0 Å². The summed E-state index contributed by atoms with van der Waals surface area (Å²) in [5.74, 6) is -0.614. The van der Waals surface area contributed by atoms with E-state index in [9.17, 15) is 13.6 Å². The van der Waals surface area contributed by atoms with Crippen LogP contribution in [0.1, 0.15) is 18.4 Å². The van der Waals surface area contributed by atoms with Crippen LogP contribution >= 0.6 is 0 Å². The van der Waals surface area contributed by atoms with Crippen LogP contribution in [0.25, 0.3) is 0 Å². The number of rotatable bonds is 3. The molecule has 0 atom stereocenters. The van der Waals surface area contributed by atoms with E-state index in [0.29, 0.717) is 24.3 Å². The largest absolute Gasteiger partial charge is 0.363 e. The van der Waals surface area contributed by atoms with Crippen molar-refractivity contribution in [3.8, 4) is 0 Å². The van der Waals surface area contributed by atoms with E-state index in [2.05, 4.69) is 4.90 Å². The van der Waals surface area contributed by atoms with Gasteiger partial charge in [-0.25, -0.2) is 8.78 Å². The summed E-state index contributed by atoms with van der Waals surface area (Å²) in [5, 5.41) is 0. The Kier molecular flexibility index (Phi) is 4.93. The van der Waals surface area contributed by atoms with E-state index in [1.165, 1.54) is 18.2 Å². The van der Waals surface area contributed by atoms with Crippen molar-refractivity contribution in [2.24, 2.45) is 0 Å². The Labute approximate surface area is 157 Å². The van der Waals surface area contributed by atoms with Gasteiger partial charge in [0, 0.05) is 30.9 Å². The number of halogens is 2. The predicted octanol–water partition coefficient (Wildman–Crippen LogP) is 3.36. The number of ether oxygens (including phenoxy) is 1. The highest BCUT2D eigenvalue weighted by Gasteiger charge is 2.42. The molecule has 2 saturated heterocycles. The average molecular weight is 372 g/mol. The van der Waals surface area contributed by atoms with Gasteiger partial charge in [0.2, 0.25) is 0 Å². The van der Waals surface area contributed by atoms with Crippen molar-refractivity contribution in [1.82, 2.24) is 4.90 Å². The maximum Gasteiger partial charge on any atom is 0.253 e. The Bertz CT molecular complexity index is 817. The number of amides is 1. The maximum absolute atomic E-state index is 13.9. The smallest absolute Gasteiger partial charge is 0.253 e. The number of anilines is 1. The summed E-state index contributed by atoms with van der Waals surface area (Å²) in [5.41, 5.74) is 0.993. The van der Waals surface area contributed by atoms with Gasteiger partial charge in [-0.2, -0.15) is 0 Å². The molecule has 1 spiro atoms. The molecule has 6 heteroatoms. The normalized spacial score (nSPS) is 20.2. The Balaban J connectivity index is 1.42. The first-order valence-electron chi connectivity index (χ1n) is 9.20. The van der Waals surface area contributed by atoms with Crippen molar-refractivity contribution >= 4 is 11.6 Å². The second-order valence-electron chi connectivity index (χ2n) is 7.30. The Morgan fingerprint density at radius 2 is 1.70 bits per heavy atom. The highest BCUT2D eigenvalue weighted by molar-refractivity contribution is 5.95. The molecule has 0 bridgehead atoms. The number of piperidine rings is 1. The minimum absolute atomic E-state index is 0.0324. The molecule has 4 rings (SSSR count). The number of carbonyl (C=O) groups excluding carboxylic acids is 1. The van der Waals surface area contributed by atoms with Crippen molar-refractivity contribution in [3.05, 3.63) is 65.7 Å². The second-order valence-corrected chi connectivity index (χ2v) is 7.30. The first kappa shape index (κ1) is 18.1. The van der Waals surface area contributed by atoms with Gasteiger partial charge in [0.05, 0.1) is 12.1 Å². The molecule has 27 heavy (non-hydrogen) atoms. The van der Waals surface area contributed by atoms with Gasteiger partial charge in [-0.3, -0.25) is 9.69 Å². The van der Waals surface area contributed by atoms with Crippen LogP contribution in [0.3, 0.4) is 0 Å². The minimum atomic E-state index is -0.395. The lowest BCUT2D eigenvalue weighted by atomic mass is 9.88. The third kappa shape index (κ3) is 3.87. The fourth-order valence-electron chi connectivity index (χ4n) is 3.86. The van der Waals surface area contributed by atoms with E-state index >= 15 is 0 Å². The average Bonchev–Trinajstić information content (AvgIpc) is 2.68. The predicted molar refractivity (Wildman–Crippen MR) is 98.3 cm³/mol. The minimum Gasteiger partial charge on any atom is -0.363 e. The summed E-state index contributed by atoms with van der Waals surface area (Å²) in [6, 6.07) is 12.8. The SMILES string of the molecule is O=C1COC2(CCN(Cc3ccccc3F)CC2)CN1c1ccc(F)cc1.